The SMILES string of the molecule is C=CC/C=C(OC(C)CC=CN=C(C)C)\C(F)=C/CCN. The van der Waals surface area contributed by atoms with Crippen LogP contribution < -0.4 is 5.73 Å². The molecule has 21 heavy (non-hydrogen) atoms. The van der Waals surface area contributed by atoms with Crippen LogP contribution in [0.2, 0.25) is 0 Å². The van der Waals surface area contributed by atoms with Crippen LogP contribution in [0, 0.1) is 0 Å². The summed E-state index contributed by atoms with van der Waals surface area (Å²) in [6.45, 7) is 9.78. The van der Waals surface area contributed by atoms with Gasteiger partial charge in [-0.05, 0) is 52.3 Å². The minimum Gasteiger partial charge on any atom is -0.488 e. The molecule has 0 fully saturated rings. The van der Waals surface area contributed by atoms with Crippen molar-refractivity contribution in [3.8, 4) is 0 Å². The smallest absolute Gasteiger partial charge is 0.160 e. The van der Waals surface area contributed by atoms with E-state index >= 15 is 0 Å². The van der Waals surface area contributed by atoms with E-state index in [-0.39, 0.29) is 17.7 Å². The maximum atomic E-state index is 14.0. The van der Waals surface area contributed by atoms with Crippen molar-refractivity contribution in [2.24, 2.45) is 10.7 Å². The first kappa shape index (κ1) is 19.3. The summed E-state index contributed by atoms with van der Waals surface area (Å²) in [6.07, 6.45) is 10.0. The minimum atomic E-state index is -0.374. The summed E-state index contributed by atoms with van der Waals surface area (Å²) < 4.78 is 19.6. The van der Waals surface area contributed by atoms with Crippen LogP contribution in [-0.4, -0.2) is 18.4 Å². The standard InChI is InChI=1S/C17H27FN2O/c1-5-6-11-17(16(18)10-7-12-19)21-15(4)9-8-13-20-14(2)3/h5,8,10-11,13,15H,1,6-7,9,12,19H2,2-4H3/b13-8?,16-10+,17-11+. The van der Waals surface area contributed by atoms with Crippen molar-refractivity contribution in [3.05, 3.63) is 48.7 Å². The van der Waals surface area contributed by atoms with Crippen molar-refractivity contribution in [1.29, 1.82) is 0 Å². The molecule has 0 aliphatic heterocycles. The quantitative estimate of drug-likeness (QED) is 0.280. The molecular weight excluding hydrogens is 267 g/mol. The lowest BCUT2D eigenvalue weighted by molar-refractivity contribution is 0.132. The molecular formula is C17H27FN2O. The molecule has 0 heterocycles. The monoisotopic (exact) mass is 294 g/mol. The van der Waals surface area contributed by atoms with Crippen LogP contribution in [0.5, 0.6) is 0 Å². The molecule has 0 radical (unpaired) electrons. The lowest BCUT2D eigenvalue weighted by atomic mass is 10.2. The lowest BCUT2D eigenvalue weighted by Gasteiger charge is -2.15. The molecule has 118 valence electrons. The third kappa shape index (κ3) is 10.7. The second kappa shape index (κ2) is 12.1. The van der Waals surface area contributed by atoms with Crippen LogP contribution in [0.15, 0.2) is 53.7 Å². The number of ether oxygens (including phenoxy) is 1. The van der Waals surface area contributed by atoms with E-state index in [9.17, 15) is 4.39 Å². The largest absolute Gasteiger partial charge is 0.488 e. The second-order valence-corrected chi connectivity index (χ2v) is 4.85. The normalized spacial score (nSPS) is 14.1. The van der Waals surface area contributed by atoms with E-state index in [0.717, 1.165) is 5.71 Å². The van der Waals surface area contributed by atoms with Gasteiger partial charge in [-0.3, -0.25) is 4.99 Å². The highest BCUT2D eigenvalue weighted by Gasteiger charge is 2.09. The zero-order valence-electron chi connectivity index (χ0n) is 13.3. The fourth-order valence-corrected chi connectivity index (χ4v) is 1.42. The highest BCUT2D eigenvalue weighted by atomic mass is 19.1. The molecule has 3 nitrogen and oxygen atoms in total. The number of hydrogen-bond donors (Lipinski definition) is 1. The minimum absolute atomic E-state index is 0.137. The number of allylic oxidation sites excluding steroid dienone is 3. The Morgan fingerprint density at radius 1 is 1.38 bits per heavy atom. The van der Waals surface area contributed by atoms with Gasteiger partial charge < -0.3 is 10.5 Å². The molecule has 0 saturated carbocycles. The molecule has 0 aliphatic rings. The van der Waals surface area contributed by atoms with Gasteiger partial charge in [0.05, 0.1) is 6.10 Å². The van der Waals surface area contributed by atoms with Crippen molar-refractivity contribution in [2.45, 2.75) is 46.1 Å². The van der Waals surface area contributed by atoms with Gasteiger partial charge in [-0.2, -0.15) is 0 Å². The summed E-state index contributed by atoms with van der Waals surface area (Å²) in [6, 6.07) is 0. The molecule has 0 aromatic carbocycles. The first-order valence-electron chi connectivity index (χ1n) is 7.21. The summed E-state index contributed by atoms with van der Waals surface area (Å²) >= 11 is 0. The van der Waals surface area contributed by atoms with Crippen LogP contribution in [0.1, 0.15) is 40.0 Å². The Hall–Kier alpha value is -1.68. The Bertz CT molecular complexity index is 419. The Morgan fingerprint density at radius 3 is 2.67 bits per heavy atom. The maximum Gasteiger partial charge on any atom is 0.160 e. The summed E-state index contributed by atoms with van der Waals surface area (Å²) in [5.74, 6) is -0.125. The Morgan fingerprint density at radius 2 is 2.10 bits per heavy atom. The number of halogens is 1. The number of nitrogens with zero attached hydrogens (tertiary/aromatic N) is 1. The van der Waals surface area contributed by atoms with Crippen molar-refractivity contribution in [3.63, 3.8) is 0 Å². The highest BCUT2D eigenvalue weighted by Crippen LogP contribution is 2.18. The van der Waals surface area contributed by atoms with Gasteiger partial charge >= 0.3 is 0 Å². The van der Waals surface area contributed by atoms with Crippen molar-refractivity contribution in [1.82, 2.24) is 0 Å². The number of rotatable bonds is 10. The molecule has 0 saturated heterocycles. The molecule has 0 bridgehead atoms. The molecule has 0 rings (SSSR count). The average molecular weight is 294 g/mol. The molecule has 1 atom stereocenters. The van der Waals surface area contributed by atoms with E-state index in [1.165, 1.54) is 6.08 Å². The van der Waals surface area contributed by atoms with Gasteiger partial charge in [-0.1, -0.05) is 12.2 Å². The summed E-state index contributed by atoms with van der Waals surface area (Å²) in [4.78, 5) is 4.15. The van der Waals surface area contributed by atoms with Crippen molar-refractivity contribution in [2.75, 3.05) is 6.54 Å². The predicted molar refractivity (Wildman–Crippen MR) is 88.8 cm³/mol. The molecule has 2 N–H and O–H groups in total. The fourth-order valence-electron chi connectivity index (χ4n) is 1.42. The van der Waals surface area contributed by atoms with Crippen LogP contribution in [0.25, 0.3) is 0 Å². The fraction of sp³-hybridized carbons (Fsp3) is 0.471. The zero-order chi connectivity index (χ0) is 16.1. The van der Waals surface area contributed by atoms with Gasteiger partial charge in [0.25, 0.3) is 0 Å². The van der Waals surface area contributed by atoms with Crippen LogP contribution in [0.4, 0.5) is 4.39 Å². The highest BCUT2D eigenvalue weighted by molar-refractivity contribution is 5.79. The number of aliphatic imine (C=N–C) groups is 1. The van der Waals surface area contributed by atoms with E-state index in [2.05, 4.69) is 11.6 Å². The Labute approximate surface area is 127 Å². The van der Waals surface area contributed by atoms with Gasteiger partial charge in [-0.15, -0.1) is 6.58 Å². The van der Waals surface area contributed by atoms with Crippen LogP contribution in [-0.2, 0) is 4.74 Å². The van der Waals surface area contributed by atoms with Crippen LogP contribution in [0.3, 0.4) is 0 Å². The molecule has 0 spiro atoms. The Kier molecular flexibility index (Phi) is 11.1. The summed E-state index contributed by atoms with van der Waals surface area (Å²) in [7, 11) is 0. The van der Waals surface area contributed by atoms with Crippen LogP contribution >= 0.6 is 0 Å². The molecule has 0 aliphatic carbocycles. The van der Waals surface area contributed by atoms with Crippen molar-refractivity contribution >= 4 is 5.71 Å². The average Bonchev–Trinajstić information content (AvgIpc) is 2.45. The number of nitrogens with two attached hydrogens (primary N) is 1. The van der Waals surface area contributed by atoms with Crippen molar-refractivity contribution < 1.29 is 9.13 Å². The van der Waals surface area contributed by atoms with E-state index in [4.69, 9.17) is 10.5 Å². The number of hydrogen-bond acceptors (Lipinski definition) is 3. The van der Waals surface area contributed by atoms with E-state index in [1.807, 2.05) is 26.8 Å². The second-order valence-electron chi connectivity index (χ2n) is 4.85. The Balaban J connectivity index is 4.63. The van der Waals surface area contributed by atoms with Gasteiger partial charge in [-0.25, -0.2) is 4.39 Å². The van der Waals surface area contributed by atoms with E-state index in [0.29, 0.717) is 25.8 Å². The topological polar surface area (TPSA) is 47.6 Å². The van der Waals surface area contributed by atoms with Gasteiger partial charge in [0.1, 0.15) is 0 Å². The third-order valence-electron chi connectivity index (χ3n) is 2.43. The first-order valence-corrected chi connectivity index (χ1v) is 7.21. The first-order chi connectivity index (χ1) is 10.0. The third-order valence-corrected chi connectivity index (χ3v) is 2.43. The predicted octanol–water partition coefficient (Wildman–Crippen LogP) is 4.44. The summed E-state index contributed by atoms with van der Waals surface area (Å²) in [5, 5.41) is 0. The van der Waals surface area contributed by atoms with Gasteiger partial charge in [0.2, 0.25) is 0 Å². The summed E-state index contributed by atoms with van der Waals surface area (Å²) in [5.41, 5.74) is 6.36. The molecule has 0 amide bonds. The van der Waals surface area contributed by atoms with Gasteiger partial charge in [0.15, 0.2) is 11.6 Å². The molecule has 0 aromatic heterocycles. The molecule has 1 unspecified atom stereocenters. The van der Waals surface area contributed by atoms with E-state index < -0.39 is 0 Å². The maximum absolute atomic E-state index is 14.0. The van der Waals surface area contributed by atoms with Gasteiger partial charge in [0, 0.05) is 18.3 Å². The molecule has 0 aromatic rings. The molecule has 4 heteroatoms. The lowest BCUT2D eigenvalue weighted by Crippen LogP contribution is -2.07. The van der Waals surface area contributed by atoms with E-state index in [1.54, 1.807) is 18.4 Å². The zero-order valence-corrected chi connectivity index (χ0v) is 13.3.